The molecule has 28 heavy (non-hydrogen) atoms. The number of carbonyl (C=O) groups is 1. The Bertz CT molecular complexity index is 1250. The van der Waals surface area contributed by atoms with Crippen molar-refractivity contribution in [3.05, 3.63) is 85.3 Å². The van der Waals surface area contributed by atoms with E-state index in [1.54, 1.807) is 12.1 Å². The van der Waals surface area contributed by atoms with Gasteiger partial charge in [0.25, 0.3) is 5.56 Å². The first-order valence-corrected chi connectivity index (χ1v) is 9.37. The number of nitrogens with two attached hydrogens (primary N) is 1. The molecule has 2 aromatic heterocycles. The lowest BCUT2D eigenvalue weighted by Crippen LogP contribution is -2.17. The van der Waals surface area contributed by atoms with Crippen LogP contribution < -0.4 is 11.3 Å². The van der Waals surface area contributed by atoms with Gasteiger partial charge in [-0.25, -0.2) is 0 Å². The summed E-state index contributed by atoms with van der Waals surface area (Å²) in [5.41, 5.74) is 7.26. The minimum absolute atomic E-state index is 0.138. The second kappa shape index (κ2) is 7.06. The maximum Gasteiger partial charge on any atom is 0.283 e. The monoisotopic (exact) mass is 412 g/mol. The van der Waals surface area contributed by atoms with Gasteiger partial charge in [-0.2, -0.15) is 14.6 Å². The van der Waals surface area contributed by atoms with Gasteiger partial charge in [-0.3, -0.25) is 9.59 Å². The van der Waals surface area contributed by atoms with Gasteiger partial charge in [0.15, 0.2) is 5.76 Å². The smallest absolute Gasteiger partial charge is 0.283 e. The molecule has 0 saturated heterocycles. The van der Waals surface area contributed by atoms with Crippen molar-refractivity contribution in [3.63, 3.8) is 0 Å². The summed E-state index contributed by atoms with van der Waals surface area (Å²) in [5, 5.41) is 15.4. The van der Waals surface area contributed by atoms with Crippen LogP contribution in [0.2, 0.25) is 5.02 Å². The Hall–Kier alpha value is -3.23. The topological polar surface area (TPSA) is 111 Å². The number of aromatic nitrogens is 3. The second-order valence-electron chi connectivity index (χ2n) is 6.08. The molecule has 0 fully saturated rings. The van der Waals surface area contributed by atoms with Crippen molar-refractivity contribution in [2.45, 2.75) is 6.42 Å². The van der Waals surface area contributed by atoms with E-state index >= 15 is 0 Å². The molecule has 4 rings (SSSR count). The van der Waals surface area contributed by atoms with Gasteiger partial charge in [-0.15, -0.1) is 0 Å². The number of rotatable bonds is 3. The van der Waals surface area contributed by atoms with E-state index in [0.29, 0.717) is 22.0 Å². The third-order valence-electron chi connectivity index (χ3n) is 4.10. The molecule has 0 bridgehead atoms. The van der Waals surface area contributed by atoms with Crippen molar-refractivity contribution < 1.29 is 9.90 Å². The Balaban J connectivity index is 1.74. The van der Waals surface area contributed by atoms with Gasteiger partial charge in [0.2, 0.25) is 10.7 Å². The van der Waals surface area contributed by atoms with Crippen LogP contribution in [0.25, 0.3) is 11.0 Å². The molecule has 1 aliphatic carbocycles. The van der Waals surface area contributed by atoms with E-state index in [9.17, 15) is 14.7 Å². The predicted molar refractivity (Wildman–Crippen MR) is 109 cm³/mol. The highest BCUT2D eigenvalue weighted by Gasteiger charge is 2.15. The van der Waals surface area contributed by atoms with Crippen molar-refractivity contribution in [1.82, 2.24) is 14.6 Å². The lowest BCUT2D eigenvalue weighted by Gasteiger charge is -2.05. The van der Waals surface area contributed by atoms with Gasteiger partial charge in [0.1, 0.15) is 10.8 Å². The van der Waals surface area contributed by atoms with Crippen LogP contribution in [0.15, 0.2) is 58.6 Å². The van der Waals surface area contributed by atoms with Crippen LogP contribution in [0.4, 0.5) is 5.82 Å². The highest BCUT2D eigenvalue weighted by atomic mass is 35.5. The molecule has 9 heteroatoms. The molecule has 0 amide bonds. The van der Waals surface area contributed by atoms with E-state index in [1.165, 1.54) is 40.2 Å². The maximum absolute atomic E-state index is 12.4. The number of benzene rings is 1. The summed E-state index contributed by atoms with van der Waals surface area (Å²) in [5.74, 6) is -0.763. The highest BCUT2D eigenvalue weighted by molar-refractivity contribution is 7.16. The van der Waals surface area contributed by atoms with Crippen LogP contribution in [0.5, 0.6) is 0 Å². The SMILES string of the molecule is Nc1c(/C=C2/C=CC(=O)C(O)=C2)c(=O)nc2sc(Cc3ccc(Cl)cc3)nn12. The van der Waals surface area contributed by atoms with E-state index in [2.05, 4.69) is 10.1 Å². The quantitative estimate of drug-likeness (QED) is 0.684. The molecular formula is C19H13ClN4O3S. The first-order chi connectivity index (χ1) is 13.4. The minimum atomic E-state index is -0.509. The number of aliphatic hydroxyl groups excluding tert-OH is 1. The number of fused-ring (bicyclic) bond motifs is 1. The zero-order valence-electron chi connectivity index (χ0n) is 14.3. The third kappa shape index (κ3) is 3.47. The molecule has 7 nitrogen and oxygen atoms in total. The number of ketones is 1. The summed E-state index contributed by atoms with van der Waals surface area (Å²) in [6.07, 6.45) is 5.99. The van der Waals surface area contributed by atoms with Crippen molar-refractivity contribution in [2.24, 2.45) is 0 Å². The Morgan fingerprint density at radius 1 is 1.21 bits per heavy atom. The molecule has 0 unspecified atom stereocenters. The van der Waals surface area contributed by atoms with Crippen molar-refractivity contribution >= 4 is 45.6 Å². The van der Waals surface area contributed by atoms with E-state index in [1.807, 2.05) is 12.1 Å². The fourth-order valence-electron chi connectivity index (χ4n) is 2.70. The summed E-state index contributed by atoms with van der Waals surface area (Å²) in [6, 6.07) is 7.41. The number of nitrogen functional groups attached to an aromatic ring is 1. The largest absolute Gasteiger partial charge is 0.504 e. The Kier molecular flexibility index (Phi) is 4.58. The third-order valence-corrected chi connectivity index (χ3v) is 5.26. The van der Waals surface area contributed by atoms with Crippen LogP contribution in [0, 0.1) is 0 Å². The molecule has 0 saturated carbocycles. The zero-order chi connectivity index (χ0) is 19.8. The standard InChI is InChI=1S/C19H13ClN4O3S/c20-12-4-1-10(2-5-12)9-16-23-24-17(21)13(18(27)22-19(24)28-16)7-11-3-6-14(25)15(26)8-11/h1-8,26H,9,21H2/b11-7-. The van der Waals surface area contributed by atoms with Crippen molar-refractivity contribution in [2.75, 3.05) is 5.73 Å². The number of nitrogens with zero attached hydrogens (tertiary/aromatic N) is 3. The Morgan fingerprint density at radius 2 is 1.96 bits per heavy atom. The summed E-state index contributed by atoms with van der Waals surface area (Å²) >= 11 is 7.18. The molecule has 1 aromatic carbocycles. The van der Waals surface area contributed by atoms with Crippen LogP contribution in [-0.2, 0) is 11.2 Å². The highest BCUT2D eigenvalue weighted by Crippen LogP contribution is 2.22. The van der Waals surface area contributed by atoms with Gasteiger partial charge >= 0.3 is 0 Å². The lowest BCUT2D eigenvalue weighted by molar-refractivity contribution is -0.113. The molecule has 3 N–H and O–H groups in total. The molecule has 0 atom stereocenters. The molecule has 2 heterocycles. The summed E-state index contributed by atoms with van der Waals surface area (Å²) in [4.78, 5) is 28.2. The van der Waals surface area contributed by atoms with Gasteiger partial charge in [0.05, 0.1) is 5.56 Å². The van der Waals surface area contributed by atoms with Gasteiger partial charge < -0.3 is 10.8 Å². The maximum atomic E-state index is 12.4. The molecule has 0 aliphatic heterocycles. The van der Waals surface area contributed by atoms with Crippen LogP contribution >= 0.6 is 22.9 Å². The number of hydrogen-bond donors (Lipinski definition) is 2. The number of anilines is 1. The first kappa shape index (κ1) is 18.1. The van der Waals surface area contributed by atoms with Crippen LogP contribution in [-0.4, -0.2) is 25.5 Å². The Morgan fingerprint density at radius 3 is 2.68 bits per heavy atom. The summed E-state index contributed by atoms with van der Waals surface area (Å²) in [6.45, 7) is 0. The predicted octanol–water partition coefficient (Wildman–Crippen LogP) is 2.94. The number of hydrogen-bond acceptors (Lipinski definition) is 7. The van der Waals surface area contributed by atoms with Gasteiger partial charge in [0, 0.05) is 11.4 Å². The zero-order valence-corrected chi connectivity index (χ0v) is 15.9. The Labute approximate surface area is 167 Å². The summed E-state index contributed by atoms with van der Waals surface area (Å²) < 4.78 is 1.42. The average Bonchev–Trinajstić information content (AvgIpc) is 3.06. The van der Waals surface area contributed by atoms with E-state index < -0.39 is 17.1 Å². The second-order valence-corrected chi connectivity index (χ2v) is 7.56. The average molecular weight is 413 g/mol. The fourth-order valence-corrected chi connectivity index (χ4v) is 3.75. The normalized spacial score (nSPS) is 15.4. The number of aliphatic hydroxyl groups is 1. The van der Waals surface area contributed by atoms with Gasteiger partial charge in [-0.1, -0.05) is 41.1 Å². The van der Waals surface area contributed by atoms with E-state index in [0.717, 1.165) is 10.6 Å². The number of allylic oxidation sites excluding steroid dienone is 4. The van der Waals surface area contributed by atoms with Gasteiger partial charge in [-0.05, 0) is 41.5 Å². The van der Waals surface area contributed by atoms with E-state index in [4.69, 9.17) is 17.3 Å². The lowest BCUT2D eigenvalue weighted by atomic mass is 10.1. The van der Waals surface area contributed by atoms with Crippen LogP contribution in [0.1, 0.15) is 16.1 Å². The van der Waals surface area contributed by atoms with Crippen molar-refractivity contribution in [1.29, 1.82) is 0 Å². The molecule has 0 radical (unpaired) electrons. The molecule has 1 aliphatic rings. The fraction of sp³-hybridized carbons (Fsp3) is 0.0526. The minimum Gasteiger partial charge on any atom is -0.504 e. The number of carbonyl (C=O) groups excluding carboxylic acids is 1. The molecule has 140 valence electrons. The van der Waals surface area contributed by atoms with Crippen molar-refractivity contribution in [3.8, 4) is 0 Å². The molecule has 0 spiro atoms. The van der Waals surface area contributed by atoms with E-state index in [-0.39, 0.29) is 11.4 Å². The first-order valence-electron chi connectivity index (χ1n) is 8.18. The molecule has 3 aromatic rings. The van der Waals surface area contributed by atoms with Crippen LogP contribution in [0.3, 0.4) is 0 Å². The number of halogens is 1. The summed E-state index contributed by atoms with van der Waals surface area (Å²) in [7, 11) is 0. The molecular weight excluding hydrogens is 400 g/mol.